The molecule has 0 aliphatic carbocycles. The van der Waals surface area contributed by atoms with Gasteiger partial charge >= 0.3 is 5.97 Å². The molecule has 1 heterocycles. The van der Waals surface area contributed by atoms with Crippen LogP contribution in [-0.4, -0.2) is 28.0 Å². The molecule has 138 valence electrons. The van der Waals surface area contributed by atoms with E-state index >= 15 is 0 Å². The summed E-state index contributed by atoms with van der Waals surface area (Å²) in [6.45, 7) is 2.27. The minimum Gasteiger partial charge on any atom is -0.462 e. The quantitative estimate of drug-likeness (QED) is 0.678. The van der Waals surface area contributed by atoms with Gasteiger partial charge in [-0.3, -0.25) is 14.2 Å². The van der Waals surface area contributed by atoms with E-state index in [-0.39, 0.29) is 24.4 Å². The molecule has 0 saturated carbocycles. The summed E-state index contributed by atoms with van der Waals surface area (Å²) in [7, 11) is 0. The number of anilines is 1. The van der Waals surface area contributed by atoms with Crippen LogP contribution in [0.4, 0.5) is 5.69 Å². The number of ether oxygens (including phenoxy) is 1. The van der Waals surface area contributed by atoms with Crippen LogP contribution in [0.2, 0.25) is 0 Å². The fourth-order valence-corrected chi connectivity index (χ4v) is 2.61. The summed E-state index contributed by atoms with van der Waals surface area (Å²) in [6.07, 6.45) is 1.58. The fraction of sp³-hybridized carbons (Fsp3) is 0.200. The third kappa shape index (κ3) is 4.38. The van der Waals surface area contributed by atoms with E-state index in [1.807, 2.05) is 6.07 Å². The Kier molecular flexibility index (Phi) is 5.61. The second kappa shape index (κ2) is 8.27. The number of amides is 1. The lowest BCUT2D eigenvalue weighted by Gasteiger charge is -2.08. The van der Waals surface area contributed by atoms with E-state index in [9.17, 15) is 14.4 Å². The van der Waals surface area contributed by atoms with Gasteiger partial charge in [0, 0.05) is 18.7 Å². The fourth-order valence-electron chi connectivity index (χ4n) is 2.61. The summed E-state index contributed by atoms with van der Waals surface area (Å²) in [5.41, 5.74) is 1.44. The van der Waals surface area contributed by atoms with E-state index in [2.05, 4.69) is 10.3 Å². The number of carbonyl (C=O) groups is 2. The van der Waals surface area contributed by atoms with Crippen molar-refractivity contribution < 1.29 is 14.3 Å². The number of aryl methyl sites for hydroxylation is 1. The Morgan fingerprint density at radius 1 is 1.11 bits per heavy atom. The average Bonchev–Trinajstić information content (AvgIpc) is 2.68. The first-order valence-corrected chi connectivity index (χ1v) is 8.59. The molecule has 0 unspecified atom stereocenters. The molecule has 7 heteroatoms. The molecule has 2 aromatic carbocycles. The number of benzene rings is 2. The Morgan fingerprint density at radius 2 is 1.85 bits per heavy atom. The first kappa shape index (κ1) is 18.3. The van der Waals surface area contributed by atoms with Crippen LogP contribution in [0.5, 0.6) is 0 Å². The Morgan fingerprint density at radius 3 is 2.59 bits per heavy atom. The molecule has 0 aliphatic heterocycles. The van der Waals surface area contributed by atoms with Crippen LogP contribution in [0.1, 0.15) is 23.7 Å². The van der Waals surface area contributed by atoms with Crippen molar-refractivity contribution in [2.75, 3.05) is 11.9 Å². The number of para-hydroxylation sites is 1. The monoisotopic (exact) mass is 365 g/mol. The topological polar surface area (TPSA) is 90.3 Å². The maximum atomic E-state index is 12.4. The van der Waals surface area contributed by atoms with Crippen molar-refractivity contribution in [2.24, 2.45) is 0 Å². The molecule has 0 aliphatic rings. The van der Waals surface area contributed by atoms with Crippen LogP contribution in [0.15, 0.2) is 59.7 Å². The van der Waals surface area contributed by atoms with Gasteiger partial charge < -0.3 is 10.1 Å². The van der Waals surface area contributed by atoms with Gasteiger partial charge in [-0.1, -0.05) is 12.1 Å². The minimum absolute atomic E-state index is 0.125. The van der Waals surface area contributed by atoms with Gasteiger partial charge in [0.05, 0.1) is 29.4 Å². The first-order valence-electron chi connectivity index (χ1n) is 8.59. The maximum absolute atomic E-state index is 12.4. The Balaban J connectivity index is 1.61. The Hall–Kier alpha value is -3.48. The lowest BCUT2D eigenvalue weighted by molar-refractivity contribution is -0.116. The highest BCUT2D eigenvalue weighted by atomic mass is 16.5. The summed E-state index contributed by atoms with van der Waals surface area (Å²) in [5.74, 6) is -0.641. The number of hydrogen-bond donors (Lipinski definition) is 1. The molecule has 0 saturated heterocycles. The van der Waals surface area contributed by atoms with E-state index in [0.29, 0.717) is 28.8 Å². The van der Waals surface area contributed by atoms with Crippen LogP contribution in [-0.2, 0) is 16.1 Å². The molecule has 1 aromatic heterocycles. The molecule has 3 aromatic rings. The molecule has 1 N–H and O–H groups in total. The second-order valence-electron chi connectivity index (χ2n) is 5.86. The lowest BCUT2D eigenvalue weighted by Crippen LogP contribution is -2.23. The molecule has 0 spiro atoms. The van der Waals surface area contributed by atoms with Crippen LogP contribution < -0.4 is 10.9 Å². The summed E-state index contributed by atoms with van der Waals surface area (Å²) < 4.78 is 6.34. The molecule has 3 rings (SSSR count). The standard InChI is InChI=1S/C20H19N3O4/c1-2-27-20(26)14-7-9-15(10-8-14)22-18(24)11-12-23-13-21-17-6-4-3-5-16(17)19(23)25/h3-10,13H,2,11-12H2,1H3,(H,22,24). The zero-order valence-corrected chi connectivity index (χ0v) is 14.8. The molecular formula is C20H19N3O4. The molecule has 7 nitrogen and oxygen atoms in total. The van der Waals surface area contributed by atoms with Gasteiger partial charge in [0.2, 0.25) is 5.91 Å². The van der Waals surface area contributed by atoms with E-state index < -0.39 is 5.97 Å². The van der Waals surface area contributed by atoms with E-state index in [0.717, 1.165) is 0 Å². The summed E-state index contributed by atoms with van der Waals surface area (Å²) in [5, 5.41) is 3.26. The second-order valence-corrected chi connectivity index (χ2v) is 5.86. The number of hydrogen-bond acceptors (Lipinski definition) is 5. The SMILES string of the molecule is CCOC(=O)c1ccc(NC(=O)CCn2cnc3ccccc3c2=O)cc1. The van der Waals surface area contributed by atoms with Crippen LogP contribution in [0.3, 0.4) is 0 Å². The molecule has 0 radical (unpaired) electrons. The van der Waals surface area contributed by atoms with E-state index in [1.54, 1.807) is 49.4 Å². The van der Waals surface area contributed by atoms with Crippen LogP contribution >= 0.6 is 0 Å². The van der Waals surface area contributed by atoms with Gasteiger partial charge in [0.15, 0.2) is 0 Å². The molecule has 1 amide bonds. The zero-order valence-electron chi connectivity index (χ0n) is 14.8. The lowest BCUT2D eigenvalue weighted by atomic mass is 10.2. The predicted molar refractivity (Wildman–Crippen MR) is 102 cm³/mol. The summed E-state index contributed by atoms with van der Waals surface area (Å²) in [6, 6.07) is 13.5. The molecule has 0 atom stereocenters. The number of aromatic nitrogens is 2. The number of fused-ring (bicyclic) bond motifs is 1. The largest absolute Gasteiger partial charge is 0.462 e. The summed E-state index contributed by atoms with van der Waals surface area (Å²) >= 11 is 0. The molecule has 0 bridgehead atoms. The highest BCUT2D eigenvalue weighted by Crippen LogP contribution is 2.11. The van der Waals surface area contributed by atoms with Crippen molar-refractivity contribution in [3.63, 3.8) is 0 Å². The van der Waals surface area contributed by atoms with Gasteiger partial charge in [0.1, 0.15) is 0 Å². The van der Waals surface area contributed by atoms with E-state index in [1.165, 1.54) is 10.9 Å². The highest BCUT2D eigenvalue weighted by Gasteiger charge is 2.09. The number of carbonyl (C=O) groups excluding carboxylic acids is 2. The highest BCUT2D eigenvalue weighted by molar-refractivity contribution is 5.93. The average molecular weight is 365 g/mol. The minimum atomic E-state index is -0.404. The molecule has 0 fully saturated rings. The van der Waals surface area contributed by atoms with Crippen molar-refractivity contribution in [1.29, 1.82) is 0 Å². The van der Waals surface area contributed by atoms with Crippen LogP contribution in [0, 0.1) is 0 Å². The third-order valence-electron chi connectivity index (χ3n) is 3.99. The van der Waals surface area contributed by atoms with Gasteiger partial charge in [-0.05, 0) is 43.3 Å². The Bertz CT molecular complexity index is 1030. The van der Waals surface area contributed by atoms with Gasteiger partial charge in [-0.25, -0.2) is 9.78 Å². The normalized spacial score (nSPS) is 10.6. The molecular weight excluding hydrogens is 346 g/mol. The van der Waals surface area contributed by atoms with Crippen LogP contribution in [0.25, 0.3) is 10.9 Å². The summed E-state index contributed by atoms with van der Waals surface area (Å²) in [4.78, 5) is 40.4. The van der Waals surface area contributed by atoms with Crippen molar-refractivity contribution in [3.8, 4) is 0 Å². The van der Waals surface area contributed by atoms with Crippen molar-refractivity contribution in [2.45, 2.75) is 19.9 Å². The van der Waals surface area contributed by atoms with Crippen molar-refractivity contribution in [3.05, 3.63) is 70.8 Å². The third-order valence-corrected chi connectivity index (χ3v) is 3.99. The maximum Gasteiger partial charge on any atom is 0.338 e. The smallest absolute Gasteiger partial charge is 0.338 e. The number of nitrogens with one attached hydrogen (secondary N) is 1. The molecule has 27 heavy (non-hydrogen) atoms. The predicted octanol–water partition coefficient (Wildman–Crippen LogP) is 2.60. The van der Waals surface area contributed by atoms with Gasteiger partial charge in [-0.2, -0.15) is 0 Å². The number of esters is 1. The van der Waals surface area contributed by atoms with Crippen molar-refractivity contribution >= 4 is 28.5 Å². The number of rotatable bonds is 6. The zero-order chi connectivity index (χ0) is 19.2. The first-order chi connectivity index (χ1) is 13.1. The van der Waals surface area contributed by atoms with E-state index in [4.69, 9.17) is 4.74 Å². The Labute approximate surface area is 155 Å². The van der Waals surface area contributed by atoms with Crippen molar-refractivity contribution in [1.82, 2.24) is 9.55 Å². The van der Waals surface area contributed by atoms with Gasteiger partial charge in [-0.15, -0.1) is 0 Å². The van der Waals surface area contributed by atoms with Gasteiger partial charge in [0.25, 0.3) is 5.56 Å². The number of nitrogens with zero attached hydrogens (tertiary/aromatic N) is 2.